The van der Waals surface area contributed by atoms with Crippen molar-refractivity contribution >= 4 is 0 Å². The van der Waals surface area contributed by atoms with Crippen molar-refractivity contribution in [2.75, 3.05) is 7.05 Å². The van der Waals surface area contributed by atoms with Gasteiger partial charge in [-0.2, -0.15) is 4.98 Å². The Morgan fingerprint density at radius 2 is 1.77 bits per heavy atom. The second-order valence-corrected chi connectivity index (χ2v) is 5.56. The second kappa shape index (κ2) is 6.15. The molecule has 0 radical (unpaired) electrons. The average molecular weight is 297 g/mol. The first-order chi connectivity index (χ1) is 10.6. The molecular weight excluding hydrogens is 278 g/mol. The summed E-state index contributed by atoms with van der Waals surface area (Å²) in [4.78, 5) is 6.52. The first kappa shape index (κ1) is 14.5. The van der Waals surface area contributed by atoms with Crippen LogP contribution in [-0.2, 0) is 13.1 Å². The Hall–Kier alpha value is -2.40. The molecule has 5 heteroatoms. The maximum Gasteiger partial charge on any atom is 0.241 e. The largest absolute Gasteiger partial charge is 0.465 e. The average Bonchev–Trinajstić information content (AvgIpc) is 3.09. The van der Waals surface area contributed by atoms with Gasteiger partial charge in [-0.1, -0.05) is 35.0 Å². The van der Waals surface area contributed by atoms with Crippen LogP contribution in [-0.4, -0.2) is 22.1 Å². The predicted molar refractivity (Wildman–Crippen MR) is 83.1 cm³/mol. The monoisotopic (exact) mass is 297 g/mol. The van der Waals surface area contributed by atoms with Gasteiger partial charge in [0.25, 0.3) is 0 Å². The summed E-state index contributed by atoms with van der Waals surface area (Å²) in [6, 6.07) is 12.0. The first-order valence-electron chi connectivity index (χ1n) is 7.23. The number of hydrogen-bond acceptors (Lipinski definition) is 5. The number of nitrogens with zero attached hydrogens (tertiary/aromatic N) is 3. The highest BCUT2D eigenvalue weighted by Crippen LogP contribution is 2.17. The quantitative estimate of drug-likeness (QED) is 0.720. The van der Waals surface area contributed by atoms with Crippen LogP contribution >= 0.6 is 0 Å². The van der Waals surface area contributed by atoms with E-state index in [4.69, 9.17) is 8.94 Å². The minimum atomic E-state index is 0.582. The Morgan fingerprint density at radius 1 is 1.00 bits per heavy atom. The smallest absolute Gasteiger partial charge is 0.241 e. The number of rotatable bonds is 5. The standard InChI is InChI=1S/C17H19N3O2/c1-12-4-7-14(8-5-12)17-18-16(22-19-17)11-20(3)10-15-9-6-13(2)21-15/h4-9H,10-11H2,1-3H3. The Kier molecular flexibility index (Phi) is 4.06. The van der Waals surface area contributed by atoms with E-state index in [1.54, 1.807) is 0 Å². The van der Waals surface area contributed by atoms with Crippen molar-refractivity contribution in [1.82, 2.24) is 15.0 Å². The molecule has 0 N–H and O–H groups in total. The molecule has 0 saturated heterocycles. The van der Waals surface area contributed by atoms with Gasteiger partial charge in [-0.05, 0) is 33.0 Å². The van der Waals surface area contributed by atoms with Gasteiger partial charge in [0.1, 0.15) is 11.5 Å². The van der Waals surface area contributed by atoms with E-state index >= 15 is 0 Å². The highest BCUT2D eigenvalue weighted by Gasteiger charge is 2.12. The fraction of sp³-hybridized carbons (Fsp3) is 0.294. The van der Waals surface area contributed by atoms with Crippen molar-refractivity contribution in [1.29, 1.82) is 0 Å². The molecule has 0 aliphatic heterocycles. The first-order valence-corrected chi connectivity index (χ1v) is 7.23. The zero-order valence-corrected chi connectivity index (χ0v) is 13.0. The van der Waals surface area contributed by atoms with E-state index in [-0.39, 0.29) is 0 Å². The molecule has 0 saturated carbocycles. The molecule has 0 fully saturated rings. The number of benzene rings is 1. The summed E-state index contributed by atoms with van der Waals surface area (Å²) in [5, 5.41) is 4.04. The van der Waals surface area contributed by atoms with Crippen molar-refractivity contribution in [3.63, 3.8) is 0 Å². The van der Waals surface area contributed by atoms with Crippen LogP contribution in [0.3, 0.4) is 0 Å². The fourth-order valence-corrected chi connectivity index (χ4v) is 2.26. The third kappa shape index (κ3) is 3.43. The fourth-order valence-electron chi connectivity index (χ4n) is 2.26. The summed E-state index contributed by atoms with van der Waals surface area (Å²) in [5.41, 5.74) is 2.17. The Morgan fingerprint density at radius 3 is 2.45 bits per heavy atom. The molecule has 3 rings (SSSR count). The van der Waals surface area contributed by atoms with E-state index in [0.29, 0.717) is 24.8 Å². The van der Waals surface area contributed by atoms with Gasteiger partial charge in [0.05, 0.1) is 13.1 Å². The van der Waals surface area contributed by atoms with Crippen molar-refractivity contribution in [2.45, 2.75) is 26.9 Å². The van der Waals surface area contributed by atoms with Gasteiger partial charge in [-0.3, -0.25) is 4.90 Å². The molecule has 0 amide bonds. The summed E-state index contributed by atoms with van der Waals surface area (Å²) in [7, 11) is 1.99. The third-order valence-electron chi connectivity index (χ3n) is 3.40. The van der Waals surface area contributed by atoms with E-state index in [1.165, 1.54) is 5.56 Å². The molecule has 0 bridgehead atoms. The Balaban J connectivity index is 1.65. The second-order valence-electron chi connectivity index (χ2n) is 5.56. The molecule has 114 valence electrons. The zero-order chi connectivity index (χ0) is 15.5. The van der Waals surface area contributed by atoms with Gasteiger partial charge in [0, 0.05) is 5.56 Å². The van der Waals surface area contributed by atoms with E-state index in [1.807, 2.05) is 50.4 Å². The van der Waals surface area contributed by atoms with Crippen LogP contribution in [0.15, 0.2) is 45.3 Å². The van der Waals surface area contributed by atoms with Crippen molar-refractivity contribution in [2.24, 2.45) is 0 Å². The number of hydrogen-bond donors (Lipinski definition) is 0. The van der Waals surface area contributed by atoms with Gasteiger partial charge in [0.15, 0.2) is 0 Å². The molecule has 3 aromatic rings. The lowest BCUT2D eigenvalue weighted by Gasteiger charge is -2.11. The van der Waals surface area contributed by atoms with E-state index in [0.717, 1.165) is 17.1 Å². The van der Waals surface area contributed by atoms with Crippen LogP contribution in [0.1, 0.15) is 23.0 Å². The van der Waals surface area contributed by atoms with E-state index in [2.05, 4.69) is 22.0 Å². The maximum atomic E-state index is 5.57. The van der Waals surface area contributed by atoms with Gasteiger partial charge < -0.3 is 8.94 Å². The minimum absolute atomic E-state index is 0.582. The van der Waals surface area contributed by atoms with Crippen LogP contribution in [0.25, 0.3) is 11.4 Å². The lowest BCUT2D eigenvalue weighted by molar-refractivity contribution is 0.243. The third-order valence-corrected chi connectivity index (χ3v) is 3.40. The molecule has 2 heterocycles. The molecule has 0 atom stereocenters. The van der Waals surface area contributed by atoms with Gasteiger partial charge in [-0.25, -0.2) is 0 Å². The van der Waals surface area contributed by atoms with Crippen LogP contribution in [0.2, 0.25) is 0 Å². The number of furan rings is 1. The SMILES string of the molecule is Cc1ccc(-c2noc(CN(C)Cc3ccc(C)o3)n2)cc1. The van der Waals surface area contributed by atoms with Crippen LogP contribution in [0, 0.1) is 13.8 Å². The lowest BCUT2D eigenvalue weighted by atomic mass is 10.1. The van der Waals surface area contributed by atoms with Crippen LogP contribution in [0.5, 0.6) is 0 Å². The molecule has 0 aliphatic carbocycles. The van der Waals surface area contributed by atoms with Crippen LogP contribution in [0.4, 0.5) is 0 Å². The molecule has 22 heavy (non-hydrogen) atoms. The number of aromatic nitrogens is 2. The summed E-state index contributed by atoms with van der Waals surface area (Å²) < 4.78 is 10.9. The van der Waals surface area contributed by atoms with Gasteiger partial charge >= 0.3 is 0 Å². The van der Waals surface area contributed by atoms with Gasteiger partial charge in [0.2, 0.25) is 11.7 Å². The summed E-state index contributed by atoms with van der Waals surface area (Å²) in [5.74, 6) is 3.07. The van der Waals surface area contributed by atoms with Crippen LogP contribution < -0.4 is 0 Å². The van der Waals surface area contributed by atoms with E-state index < -0.39 is 0 Å². The summed E-state index contributed by atoms with van der Waals surface area (Å²) >= 11 is 0. The summed E-state index contributed by atoms with van der Waals surface area (Å²) in [6.45, 7) is 5.28. The number of aryl methyl sites for hydroxylation is 2. The van der Waals surface area contributed by atoms with Crippen molar-refractivity contribution in [3.05, 3.63) is 59.4 Å². The predicted octanol–water partition coefficient (Wildman–Crippen LogP) is 3.58. The Labute approximate surface area is 129 Å². The molecular formula is C17H19N3O2. The van der Waals surface area contributed by atoms with Crippen molar-refractivity contribution in [3.8, 4) is 11.4 Å². The summed E-state index contributed by atoms with van der Waals surface area (Å²) in [6.07, 6.45) is 0. The van der Waals surface area contributed by atoms with Gasteiger partial charge in [-0.15, -0.1) is 0 Å². The normalized spacial score (nSPS) is 11.3. The van der Waals surface area contributed by atoms with Crippen molar-refractivity contribution < 1.29 is 8.94 Å². The molecule has 0 aliphatic rings. The molecule has 0 spiro atoms. The topological polar surface area (TPSA) is 55.3 Å². The highest BCUT2D eigenvalue weighted by molar-refractivity contribution is 5.54. The maximum absolute atomic E-state index is 5.57. The molecule has 0 unspecified atom stereocenters. The zero-order valence-electron chi connectivity index (χ0n) is 13.0. The highest BCUT2D eigenvalue weighted by atomic mass is 16.5. The Bertz CT molecular complexity index is 743. The minimum Gasteiger partial charge on any atom is -0.465 e. The molecule has 5 nitrogen and oxygen atoms in total. The van der Waals surface area contributed by atoms with E-state index in [9.17, 15) is 0 Å². The molecule has 1 aromatic carbocycles. The lowest BCUT2D eigenvalue weighted by Crippen LogP contribution is -2.17. The molecule has 2 aromatic heterocycles.